The summed E-state index contributed by atoms with van der Waals surface area (Å²) in [7, 11) is 0. The van der Waals surface area contributed by atoms with E-state index in [0.29, 0.717) is 0 Å². The lowest BCUT2D eigenvalue weighted by atomic mass is 10.1. The van der Waals surface area contributed by atoms with Gasteiger partial charge in [0, 0.05) is 36.6 Å². The standard InChI is InChI=1S/C14H22N2O/c1-2-3-10-17-11-9-16-8-7-12-13(15)5-4-6-14(12)16/h4-6H,2-3,7-11,15H2,1H3. The summed E-state index contributed by atoms with van der Waals surface area (Å²) in [6.45, 7) is 5.92. The number of benzene rings is 1. The van der Waals surface area contributed by atoms with Crippen molar-refractivity contribution in [2.24, 2.45) is 0 Å². The molecule has 0 fully saturated rings. The quantitative estimate of drug-likeness (QED) is 0.607. The van der Waals surface area contributed by atoms with Crippen LogP contribution in [-0.4, -0.2) is 26.3 Å². The Bertz CT molecular complexity index is 365. The van der Waals surface area contributed by atoms with Crippen molar-refractivity contribution in [3.05, 3.63) is 23.8 Å². The Morgan fingerprint density at radius 3 is 3.06 bits per heavy atom. The first-order chi connectivity index (χ1) is 8.33. The van der Waals surface area contributed by atoms with E-state index in [1.54, 1.807) is 0 Å². The highest BCUT2D eigenvalue weighted by Crippen LogP contribution is 2.31. The van der Waals surface area contributed by atoms with Crippen molar-refractivity contribution in [2.75, 3.05) is 36.9 Å². The van der Waals surface area contributed by atoms with Crippen LogP contribution in [0, 0.1) is 0 Å². The van der Waals surface area contributed by atoms with E-state index < -0.39 is 0 Å². The van der Waals surface area contributed by atoms with Crippen molar-refractivity contribution in [2.45, 2.75) is 26.2 Å². The fourth-order valence-corrected chi connectivity index (χ4v) is 2.28. The molecule has 1 aliphatic heterocycles. The molecule has 1 heterocycles. The van der Waals surface area contributed by atoms with Crippen LogP contribution in [0.25, 0.3) is 0 Å². The van der Waals surface area contributed by atoms with Gasteiger partial charge in [0.15, 0.2) is 0 Å². The van der Waals surface area contributed by atoms with Gasteiger partial charge in [0.2, 0.25) is 0 Å². The van der Waals surface area contributed by atoms with Gasteiger partial charge in [-0.25, -0.2) is 0 Å². The second kappa shape index (κ2) is 5.92. The summed E-state index contributed by atoms with van der Waals surface area (Å²) < 4.78 is 5.61. The molecule has 1 aliphatic rings. The predicted octanol–water partition coefficient (Wildman–Crippen LogP) is 2.45. The van der Waals surface area contributed by atoms with Crippen molar-refractivity contribution in [1.29, 1.82) is 0 Å². The molecule has 0 amide bonds. The molecule has 0 saturated heterocycles. The van der Waals surface area contributed by atoms with Gasteiger partial charge in [-0.15, -0.1) is 0 Å². The van der Waals surface area contributed by atoms with E-state index in [-0.39, 0.29) is 0 Å². The third kappa shape index (κ3) is 2.91. The lowest BCUT2D eigenvalue weighted by Gasteiger charge is -2.19. The zero-order valence-corrected chi connectivity index (χ0v) is 10.6. The highest BCUT2D eigenvalue weighted by molar-refractivity contribution is 5.68. The summed E-state index contributed by atoms with van der Waals surface area (Å²) in [5, 5.41) is 0. The molecule has 17 heavy (non-hydrogen) atoms. The highest BCUT2D eigenvalue weighted by Gasteiger charge is 2.19. The van der Waals surface area contributed by atoms with E-state index in [1.807, 2.05) is 12.1 Å². The Hall–Kier alpha value is -1.22. The molecule has 0 spiro atoms. The summed E-state index contributed by atoms with van der Waals surface area (Å²) in [5.74, 6) is 0. The van der Waals surface area contributed by atoms with Crippen LogP contribution in [0.1, 0.15) is 25.3 Å². The second-order valence-corrected chi connectivity index (χ2v) is 4.55. The van der Waals surface area contributed by atoms with Crippen LogP contribution in [0.4, 0.5) is 11.4 Å². The van der Waals surface area contributed by atoms with Gasteiger partial charge >= 0.3 is 0 Å². The minimum Gasteiger partial charge on any atom is -0.398 e. The molecule has 0 radical (unpaired) electrons. The maximum absolute atomic E-state index is 5.97. The third-order valence-corrected chi connectivity index (χ3v) is 3.31. The summed E-state index contributed by atoms with van der Waals surface area (Å²) >= 11 is 0. The zero-order chi connectivity index (χ0) is 12.1. The van der Waals surface area contributed by atoms with E-state index >= 15 is 0 Å². The molecule has 2 rings (SSSR count). The average Bonchev–Trinajstić information content (AvgIpc) is 2.74. The van der Waals surface area contributed by atoms with Gasteiger partial charge < -0.3 is 15.4 Å². The van der Waals surface area contributed by atoms with E-state index in [9.17, 15) is 0 Å². The Morgan fingerprint density at radius 1 is 1.35 bits per heavy atom. The molecule has 0 atom stereocenters. The Labute approximate surface area is 104 Å². The average molecular weight is 234 g/mol. The Morgan fingerprint density at radius 2 is 2.24 bits per heavy atom. The van der Waals surface area contributed by atoms with Gasteiger partial charge in [0.1, 0.15) is 0 Å². The fourth-order valence-electron chi connectivity index (χ4n) is 2.28. The van der Waals surface area contributed by atoms with Crippen LogP contribution in [-0.2, 0) is 11.2 Å². The molecule has 2 N–H and O–H groups in total. The molecule has 1 aromatic carbocycles. The lowest BCUT2D eigenvalue weighted by molar-refractivity contribution is 0.137. The van der Waals surface area contributed by atoms with E-state index in [2.05, 4.69) is 17.9 Å². The first kappa shape index (κ1) is 12.2. The Balaban J connectivity index is 1.83. The van der Waals surface area contributed by atoms with Crippen LogP contribution in [0.2, 0.25) is 0 Å². The number of hydrogen-bond donors (Lipinski definition) is 1. The van der Waals surface area contributed by atoms with Crippen LogP contribution < -0.4 is 10.6 Å². The molecule has 0 bridgehead atoms. The molecule has 3 heteroatoms. The minimum absolute atomic E-state index is 0.814. The molecule has 0 aliphatic carbocycles. The number of ether oxygens (including phenoxy) is 1. The number of hydrogen-bond acceptors (Lipinski definition) is 3. The smallest absolute Gasteiger partial charge is 0.0641 e. The van der Waals surface area contributed by atoms with Crippen LogP contribution in [0.3, 0.4) is 0 Å². The molecule has 1 aromatic rings. The normalized spacial score (nSPS) is 14.1. The highest BCUT2D eigenvalue weighted by atomic mass is 16.5. The summed E-state index contributed by atoms with van der Waals surface area (Å²) in [4.78, 5) is 2.37. The topological polar surface area (TPSA) is 38.5 Å². The summed E-state index contributed by atoms with van der Waals surface area (Å²) in [6.07, 6.45) is 3.42. The molecule has 94 valence electrons. The first-order valence-corrected chi connectivity index (χ1v) is 6.53. The lowest BCUT2D eigenvalue weighted by Crippen LogP contribution is -2.25. The summed E-state index contributed by atoms with van der Waals surface area (Å²) in [5.41, 5.74) is 9.50. The number of unbranched alkanes of at least 4 members (excludes halogenated alkanes) is 1. The van der Waals surface area contributed by atoms with Gasteiger partial charge in [-0.2, -0.15) is 0 Å². The van der Waals surface area contributed by atoms with Gasteiger partial charge in [0.25, 0.3) is 0 Å². The number of rotatable bonds is 6. The van der Waals surface area contributed by atoms with Gasteiger partial charge in [0.05, 0.1) is 6.61 Å². The van der Waals surface area contributed by atoms with Gasteiger partial charge in [-0.3, -0.25) is 0 Å². The van der Waals surface area contributed by atoms with Crippen molar-refractivity contribution < 1.29 is 4.74 Å². The predicted molar refractivity (Wildman–Crippen MR) is 72.5 cm³/mol. The van der Waals surface area contributed by atoms with Crippen LogP contribution in [0.5, 0.6) is 0 Å². The van der Waals surface area contributed by atoms with Crippen molar-refractivity contribution >= 4 is 11.4 Å². The third-order valence-electron chi connectivity index (χ3n) is 3.31. The van der Waals surface area contributed by atoms with Crippen molar-refractivity contribution in [3.8, 4) is 0 Å². The maximum atomic E-state index is 5.97. The summed E-state index contributed by atoms with van der Waals surface area (Å²) in [6, 6.07) is 6.18. The fraction of sp³-hybridized carbons (Fsp3) is 0.571. The molecule has 0 saturated carbocycles. The van der Waals surface area contributed by atoms with E-state index in [1.165, 1.54) is 17.7 Å². The van der Waals surface area contributed by atoms with Gasteiger partial charge in [-0.1, -0.05) is 19.4 Å². The van der Waals surface area contributed by atoms with Crippen molar-refractivity contribution in [3.63, 3.8) is 0 Å². The zero-order valence-electron chi connectivity index (χ0n) is 10.6. The Kier molecular flexibility index (Phi) is 4.26. The second-order valence-electron chi connectivity index (χ2n) is 4.55. The van der Waals surface area contributed by atoms with Crippen molar-refractivity contribution in [1.82, 2.24) is 0 Å². The number of nitrogens with zero attached hydrogens (tertiary/aromatic N) is 1. The van der Waals surface area contributed by atoms with E-state index in [0.717, 1.165) is 44.8 Å². The van der Waals surface area contributed by atoms with Gasteiger partial charge in [-0.05, 0) is 25.0 Å². The molecule has 0 aromatic heterocycles. The number of anilines is 2. The SMILES string of the molecule is CCCCOCCN1CCc2c(N)cccc21. The maximum Gasteiger partial charge on any atom is 0.0641 e. The monoisotopic (exact) mass is 234 g/mol. The molecule has 0 unspecified atom stereocenters. The van der Waals surface area contributed by atoms with Crippen LogP contribution in [0.15, 0.2) is 18.2 Å². The first-order valence-electron chi connectivity index (χ1n) is 6.53. The number of nitrogens with two attached hydrogens (primary N) is 1. The minimum atomic E-state index is 0.814. The molecular formula is C14H22N2O. The number of nitrogen functional groups attached to an aromatic ring is 1. The molecular weight excluding hydrogens is 212 g/mol. The number of fused-ring (bicyclic) bond motifs is 1. The van der Waals surface area contributed by atoms with E-state index in [4.69, 9.17) is 10.5 Å². The van der Waals surface area contributed by atoms with Crippen LogP contribution >= 0.6 is 0 Å². The largest absolute Gasteiger partial charge is 0.398 e. The molecule has 3 nitrogen and oxygen atoms in total.